The van der Waals surface area contributed by atoms with Gasteiger partial charge in [-0.1, -0.05) is 46.6 Å². The number of halogens is 2. The number of hydrogen-bond acceptors (Lipinski definition) is 2. The lowest BCUT2D eigenvalue weighted by Gasteiger charge is -2.09. The summed E-state index contributed by atoms with van der Waals surface area (Å²) in [5.74, 6) is 0.770. The third-order valence-electron chi connectivity index (χ3n) is 3.01. The molecule has 0 heterocycles. The van der Waals surface area contributed by atoms with Crippen LogP contribution in [0, 0.1) is 11.3 Å². The molecule has 0 spiro atoms. The van der Waals surface area contributed by atoms with E-state index in [2.05, 4.69) is 28.9 Å². The molecule has 0 amide bonds. The van der Waals surface area contributed by atoms with Gasteiger partial charge in [-0.2, -0.15) is 5.26 Å². The zero-order valence-corrected chi connectivity index (χ0v) is 14.5. The van der Waals surface area contributed by atoms with Crippen LogP contribution in [-0.4, -0.2) is 6.61 Å². The molecule has 0 aliphatic rings. The highest BCUT2D eigenvalue weighted by Crippen LogP contribution is 2.28. The molecular weight excluding hydrogens is 362 g/mol. The third kappa shape index (κ3) is 4.37. The predicted molar refractivity (Wildman–Crippen MR) is 94.9 cm³/mol. The fourth-order valence-corrected chi connectivity index (χ4v) is 2.45. The molecule has 0 saturated heterocycles. The zero-order valence-electron chi connectivity index (χ0n) is 12.1. The molecule has 0 aromatic heterocycles. The number of allylic oxidation sites excluding steroid dienone is 1. The number of nitrogens with zero attached hydrogens (tertiary/aromatic N) is 1. The van der Waals surface area contributed by atoms with Gasteiger partial charge in [-0.25, -0.2) is 0 Å². The maximum atomic E-state index is 9.44. The van der Waals surface area contributed by atoms with Crippen molar-refractivity contribution >= 4 is 39.2 Å². The molecule has 0 unspecified atom stereocenters. The van der Waals surface area contributed by atoms with Gasteiger partial charge in [0.2, 0.25) is 0 Å². The summed E-state index contributed by atoms with van der Waals surface area (Å²) in [6.07, 6.45) is 2.76. The van der Waals surface area contributed by atoms with Crippen LogP contribution in [0.4, 0.5) is 0 Å². The van der Waals surface area contributed by atoms with Crippen LogP contribution in [0.5, 0.6) is 5.75 Å². The zero-order chi connectivity index (χ0) is 15.9. The van der Waals surface area contributed by atoms with Crippen LogP contribution in [-0.2, 0) is 0 Å². The van der Waals surface area contributed by atoms with Crippen molar-refractivity contribution < 1.29 is 4.74 Å². The van der Waals surface area contributed by atoms with E-state index in [1.54, 1.807) is 12.1 Å². The summed E-state index contributed by atoms with van der Waals surface area (Å²) >= 11 is 9.35. The number of ether oxygens (including phenoxy) is 1. The standard InChI is InChI=1S/C18H15BrClNO/c1-2-9-22-18-8-5-16(19)11-14(18)10-15(12-21)13-3-6-17(20)7-4-13/h3-8,10-11H,2,9H2,1H3/b15-10-. The smallest absolute Gasteiger partial charge is 0.126 e. The van der Waals surface area contributed by atoms with Crippen LogP contribution < -0.4 is 4.74 Å². The minimum Gasteiger partial charge on any atom is -0.493 e. The predicted octanol–water partition coefficient (Wildman–Crippen LogP) is 5.96. The lowest BCUT2D eigenvalue weighted by atomic mass is 10.0. The average Bonchev–Trinajstić information content (AvgIpc) is 2.53. The molecule has 0 aliphatic carbocycles. The van der Waals surface area contributed by atoms with Crippen molar-refractivity contribution in [2.45, 2.75) is 13.3 Å². The van der Waals surface area contributed by atoms with Gasteiger partial charge >= 0.3 is 0 Å². The van der Waals surface area contributed by atoms with Gasteiger partial charge in [-0.05, 0) is 48.4 Å². The second-order valence-electron chi connectivity index (χ2n) is 4.71. The lowest BCUT2D eigenvalue weighted by Crippen LogP contribution is -1.97. The number of hydrogen-bond donors (Lipinski definition) is 0. The molecule has 4 heteroatoms. The lowest BCUT2D eigenvalue weighted by molar-refractivity contribution is 0.317. The molecular formula is C18H15BrClNO. The maximum Gasteiger partial charge on any atom is 0.126 e. The first-order chi connectivity index (χ1) is 10.6. The van der Waals surface area contributed by atoms with Gasteiger partial charge in [0, 0.05) is 15.1 Å². The molecule has 2 aromatic carbocycles. The Kier molecular flexibility index (Phi) is 6.06. The summed E-state index contributed by atoms with van der Waals surface area (Å²) in [7, 11) is 0. The molecule has 0 fully saturated rings. The van der Waals surface area contributed by atoms with Crippen molar-refractivity contribution in [2.75, 3.05) is 6.61 Å². The second-order valence-corrected chi connectivity index (χ2v) is 6.06. The van der Waals surface area contributed by atoms with Crippen LogP contribution in [0.1, 0.15) is 24.5 Å². The highest BCUT2D eigenvalue weighted by Gasteiger charge is 2.06. The van der Waals surface area contributed by atoms with Gasteiger partial charge in [-0.15, -0.1) is 0 Å². The topological polar surface area (TPSA) is 33.0 Å². The van der Waals surface area contributed by atoms with Gasteiger partial charge in [0.25, 0.3) is 0 Å². The second kappa shape index (κ2) is 8.03. The monoisotopic (exact) mass is 375 g/mol. The molecule has 0 bridgehead atoms. The van der Waals surface area contributed by atoms with E-state index in [9.17, 15) is 5.26 Å². The summed E-state index contributed by atoms with van der Waals surface area (Å²) < 4.78 is 6.69. The largest absolute Gasteiger partial charge is 0.493 e. The Morgan fingerprint density at radius 1 is 1.27 bits per heavy atom. The summed E-state index contributed by atoms with van der Waals surface area (Å²) in [5.41, 5.74) is 2.26. The fourth-order valence-electron chi connectivity index (χ4n) is 1.94. The molecule has 112 valence electrons. The van der Waals surface area contributed by atoms with Gasteiger partial charge < -0.3 is 4.74 Å². The Bertz CT molecular complexity index is 717. The van der Waals surface area contributed by atoms with Crippen LogP contribution in [0.3, 0.4) is 0 Å². The number of benzene rings is 2. The summed E-state index contributed by atoms with van der Waals surface area (Å²) in [4.78, 5) is 0. The molecule has 22 heavy (non-hydrogen) atoms. The quantitative estimate of drug-likeness (QED) is 0.477. The van der Waals surface area contributed by atoms with E-state index in [1.165, 1.54) is 0 Å². The SMILES string of the molecule is CCCOc1ccc(Br)cc1/C=C(/C#N)c1ccc(Cl)cc1. The minimum absolute atomic E-state index is 0.566. The molecule has 2 nitrogen and oxygen atoms in total. The molecule has 0 saturated carbocycles. The van der Waals surface area contributed by atoms with Gasteiger partial charge in [-0.3, -0.25) is 0 Å². The highest BCUT2D eigenvalue weighted by atomic mass is 79.9. The van der Waals surface area contributed by atoms with Gasteiger partial charge in [0.1, 0.15) is 5.75 Å². The van der Waals surface area contributed by atoms with E-state index in [0.717, 1.165) is 27.8 Å². The highest BCUT2D eigenvalue weighted by molar-refractivity contribution is 9.10. The van der Waals surface area contributed by atoms with E-state index < -0.39 is 0 Å². The van der Waals surface area contributed by atoms with Gasteiger partial charge in [0.15, 0.2) is 0 Å². The number of nitriles is 1. The van der Waals surface area contributed by atoms with E-state index >= 15 is 0 Å². The van der Waals surface area contributed by atoms with Crippen LogP contribution in [0.2, 0.25) is 5.02 Å². The van der Waals surface area contributed by atoms with Crippen molar-refractivity contribution in [3.63, 3.8) is 0 Å². The molecule has 2 aromatic rings. The van der Waals surface area contributed by atoms with Crippen molar-refractivity contribution in [3.05, 3.63) is 63.1 Å². The Hall–Kier alpha value is -1.76. The number of rotatable bonds is 5. The van der Waals surface area contributed by atoms with E-state index in [0.29, 0.717) is 17.2 Å². The molecule has 0 aliphatic heterocycles. The third-order valence-corrected chi connectivity index (χ3v) is 3.75. The normalized spacial score (nSPS) is 11.1. The minimum atomic E-state index is 0.566. The molecule has 2 rings (SSSR count). The van der Waals surface area contributed by atoms with E-state index in [1.807, 2.05) is 36.4 Å². The Labute approximate surface area is 144 Å². The Balaban J connectivity index is 2.42. The molecule has 0 radical (unpaired) electrons. The van der Waals surface area contributed by atoms with E-state index in [4.69, 9.17) is 16.3 Å². The Morgan fingerprint density at radius 2 is 2.00 bits per heavy atom. The maximum absolute atomic E-state index is 9.44. The molecule has 0 atom stereocenters. The van der Waals surface area contributed by atoms with Crippen molar-refractivity contribution in [1.82, 2.24) is 0 Å². The average molecular weight is 377 g/mol. The van der Waals surface area contributed by atoms with Crippen LogP contribution in [0.15, 0.2) is 46.9 Å². The first kappa shape index (κ1) is 16.6. The summed E-state index contributed by atoms with van der Waals surface area (Å²) in [6.45, 7) is 2.70. The summed E-state index contributed by atoms with van der Waals surface area (Å²) in [5, 5.41) is 10.1. The first-order valence-electron chi connectivity index (χ1n) is 6.94. The summed E-state index contributed by atoms with van der Waals surface area (Å²) in [6, 6.07) is 15.2. The first-order valence-corrected chi connectivity index (χ1v) is 8.11. The van der Waals surface area contributed by atoms with E-state index in [-0.39, 0.29) is 0 Å². The van der Waals surface area contributed by atoms with Crippen molar-refractivity contribution in [2.24, 2.45) is 0 Å². The van der Waals surface area contributed by atoms with Crippen LogP contribution in [0.25, 0.3) is 11.6 Å². The van der Waals surface area contributed by atoms with Crippen molar-refractivity contribution in [1.29, 1.82) is 5.26 Å². The fraction of sp³-hybridized carbons (Fsp3) is 0.167. The van der Waals surface area contributed by atoms with Crippen LogP contribution >= 0.6 is 27.5 Å². The molecule has 0 N–H and O–H groups in total. The van der Waals surface area contributed by atoms with Crippen molar-refractivity contribution in [3.8, 4) is 11.8 Å². The Morgan fingerprint density at radius 3 is 2.64 bits per heavy atom. The van der Waals surface area contributed by atoms with Gasteiger partial charge in [0.05, 0.1) is 18.2 Å².